The van der Waals surface area contributed by atoms with Crippen LogP contribution in [0.2, 0.25) is 5.02 Å². The van der Waals surface area contributed by atoms with Crippen LogP contribution in [-0.2, 0) is 16.4 Å². The molecule has 8 heteroatoms. The second-order valence-electron chi connectivity index (χ2n) is 5.48. The fourth-order valence-corrected chi connectivity index (χ4v) is 3.52. The van der Waals surface area contributed by atoms with E-state index in [-0.39, 0.29) is 11.4 Å². The second-order valence-corrected chi connectivity index (χ2v) is 7.69. The number of nitrogens with zero attached hydrogens (tertiary/aromatic N) is 2. The zero-order valence-electron chi connectivity index (χ0n) is 13.4. The van der Waals surface area contributed by atoms with E-state index < -0.39 is 10.0 Å². The maximum atomic E-state index is 12.2. The highest BCUT2D eigenvalue weighted by atomic mass is 35.5. The Morgan fingerprint density at radius 1 is 1.16 bits per heavy atom. The molecule has 1 aromatic heterocycles. The molecule has 0 aliphatic carbocycles. The lowest BCUT2D eigenvalue weighted by Crippen LogP contribution is -2.26. The van der Waals surface area contributed by atoms with Crippen molar-refractivity contribution in [1.82, 2.24) is 14.9 Å². The zero-order chi connectivity index (χ0) is 17.9. The van der Waals surface area contributed by atoms with Gasteiger partial charge in [0.1, 0.15) is 0 Å². The largest absolute Gasteiger partial charge is 0.339 e. The molecule has 0 saturated carbocycles. The molecule has 0 saturated heterocycles. The highest BCUT2D eigenvalue weighted by Gasteiger charge is 2.15. The van der Waals surface area contributed by atoms with Crippen molar-refractivity contribution in [2.45, 2.75) is 18.2 Å². The van der Waals surface area contributed by atoms with Gasteiger partial charge in [0.05, 0.1) is 4.90 Å². The zero-order valence-corrected chi connectivity index (χ0v) is 15.0. The number of rotatable bonds is 6. The molecule has 1 N–H and O–H groups in total. The number of hydrogen-bond donors (Lipinski definition) is 1. The van der Waals surface area contributed by atoms with E-state index in [9.17, 15) is 8.42 Å². The van der Waals surface area contributed by atoms with E-state index in [1.807, 2.05) is 31.2 Å². The van der Waals surface area contributed by atoms with E-state index in [2.05, 4.69) is 14.9 Å². The summed E-state index contributed by atoms with van der Waals surface area (Å²) in [5, 5.41) is 4.28. The van der Waals surface area contributed by atoms with Gasteiger partial charge < -0.3 is 4.52 Å². The van der Waals surface area contributed by atoms with Gasteiger partial charge in [0.25, 0.3) is 0 Å². The van der Waals surface area contributed by atoms with Crippen molar-refractivity contribution in [1.29, 1.82) is 0 Å². The maximum Gasteiger partial charge on any atom is 0.240 e. The van der Waals surface area contributed by atoms with Crippen LogP contribution in [-0.4, -0.2) is 25.1 Å². The van der Waals surface area contributed by atoms with Gasteiger partial charge in [0.15, 0.2) is 0 Å². The first-order valence-electron chi connectivity index (χ1n) is 7.59. The first-order valence-corrected chi connectivity index (χ1v) is 9.45. The van der Waals surface area contributed by atoms with E-state index in [1.165, 1.54) is 12.1 Å². The standard InChI is InChI=1S/C17H16ClN3O3S/c1-12-5-7-13(8-6-12)17-20-16(24-21-17)9-10-19-25(22,23)15-4-2-3-14(18)11-15/h2-8,11,19H,9-10H2,1H3. The van der Waals surface area contributed by atoms with Crippen molar-refractivity contribution in [2.24, 2.45) is 0 Å². The lowest BCUT2D eigenvalue weighted by Gasteiger charge is -2.05. The van der Waals surface area contributed by atoms with Crippen molar-refractivity contribution in [2.75, 3.05) is 6.54 Å². The Morgan fingerprint density at radius 3 is 2.64 bits per heavy atom. The Bertz CT molecular complexity index is 969. The predicted octanol–water partition coefficient (Wildman–Crippen LogP) is 3.22. The number of halogens is 1. The minimum absolute atomic E-state index is 0.117. The van der Waals surface area contributed by atoms with Crippen LogP contribution in [0.5, 0.6) is 0 Å². The Hall–Kier alpha value is -2.22. The molecule has 0 amide bonds. The molecule has 6 nitrogen and oxygen atoms in total. The Morgan fingerprint density at radius 2 is 1.92 bits per heavy atom. The predicted molar refractivity (Wildman–Crippen MR) is 94.8 cm³/mol. The Balaban J connectivity index is 1.62. The molecule has 2 aromatic carbocycles. The van der Waals surface area contributed by atoms with Gasteiger partial charge in [-0.15, -0.1) is 0 Å². The van der Waals surface area contributed by atoms with Crippen molar-refractivity contribution < 1.29 is 12.9 Å². The van der Waals surface area contributed by atoms with Crippen LogP contribution in [0.15, 0.2) is 57.9 Å². The molecule has 0 atom stereocenters. The normalized spacial score (nSPS) is 11.6. The molecule has 0 bridgehead atoms. The van der Waals surface area contributed by atoms with Crippen molar-refractivity contribution in [3.8, 4) is 11.4 Å². The first-order chi connectivity index (χ1) is 11.9. The average Bonchev–Trinajstić information content (AvgIpc) is 3.04. The van der Waals surface area contributed by atoms with E-state index >= 15 is 0 Å². The van der Waals surface area contributed by atoms with Gasteiger partial charge in [0, 0.05) is 23.6 Å². The molecule has 25 heavy (non-hydrogen) atoms. The summed E-state index contributed by atoms with van der Waals surface area (Å²) in [5.41, 5.74) is 1.99. The fraction of sp³-hybridized carbons (Fsp3) is 0.176. The van der Waals surface area contributed by atoms with Crippen molar-refractivity contribution in [3.63, 3.8) is 0 Å². The number of benzene rings is 2. The van der Waals surface area contributed by atoms with E-state index in [0.717, 1.165) is 11.1 Å². The summed E-state index contributed by atoms with van der Waals surface area (Å²) in [6, 6.07) is 13.8. The molecule has 130 valence electrons. The topological polar surface area (TPSA) is 85.1 Å². The van der Waals surface area contributed by atoms with Crippen LogP contribution in [0.1, 0.15) is 11.5 Å². The monoisotopic (exact) mass is 377 g/mol. The van der Waals surface area contributed by atoms with Crippen LogP contribution >= 0.6 is 11.6 Å². The summed E-state index contributed by atoms with van der Waals surface area (Å²) >= 11 is 5.83. The highest BCUT2D eigenvalue weighted by Crippen LogP contribution is 2.17. The smallest absolute Gasteiger partial charge is 0.240 e. The van der Waals surface area contributed by atoms with Gasteiger partial charge in [-0.25, -0.2) is 13.1 Å². The molecule has 3 rings (SSSR count). The molecule has 1 heterocycles. The third-order valence-electron chi connectivity index (χ3n) is 3.52. The summed E-state index contributed by atoms with van der Waals surface area (Å²) in [6.07, 6.45) is 0.290. The number of sulfonamides is 1. The van der Waals surface area contributed by atoms with Crippen LogP contribution in [0.3, 0.4) is 0 Å². The third kappa shape index (κ3) is 4.45. The SMILES string of the molecule is Cc1ccc(-c2noc(CCNS(=O)(=O)c3cccc(Cl)c3)n2)cc1. The Kier molecular flexibility index (Phi) is 5.17. The average molecular weight is 378 g/mol. The van der Waals surface area contributed by atoms with E-state index in [1.54, 1.807) is 12.1 Å². The molecule has 3 aromatic rings. The van der Waals surface area contributed by atoms with E-state index in [4.69, 9.17) is 16.1 Å². The van der Waals surface area contributed by atoms with Crippen LogP contribution in [0.25, 0.3) is 11.4 Å². The minimum atomic E-state index is -3.63. The van der Waals surface area contributed by atoms with Crippen molar-refractivity contribution in [3.05, 3.63) is 65.0 Å². The number of aryl methyl sites for hydroxylation is 1. The van der Waals surface area contributed by atoms with Gasteiger partial charge in [-0.2, -0.15) is 4.98 Å². The van der Waals surface area contributed by atoms with Gasteiger partial charge in [0.2, 0.25) is 21.7 Å². The Labute approximate surface area is 150 Å². The number of hydrogen-bond acceptors (Lipinski definition) is 5. The molecule has 0 fully saturated rings. The van der Waals surface area contributed by atoms with Gasteiger partial charge >= 0.3 is 0 Å². The minimum Gasteiger partial charge on any atom is -0.339 e. The number of nitrogens with one attached hydrogen (secondary N) is 1. The molecule has 0 aliphatic heterocycles. The highest BCUT2D eigenvalue weighted by molar-refractivity contribution is 7.89. The second kappa shape index (κ2) is 7.35. The molecule has 0 radical (unpaired) electrons. The van der Waals surface area contributed by atoms with Crippen molar-refractivity contribution >= 4 is 21.6 Å². The number of aromatic nitrogens is 2. The summed E-state index contributed by atoms with van der Waals surface area (Å²) in [4.78, 5) is 4.40. The third-order valence-corrected chi connectivity index (χ3v) is 5.21. The van der Waals surface area contributed by atoms with Crippen LogP contribution < -0.4 is 4.72 Å². The first kappa shape index (κ1) is 17.6. The van der Waals surface area contributed by atoms with Gasteiger partial charge in [-0.05, 0) is 25.1 Å². The molecular weight excluding hydrogens is 362 g/mol. The van der Waals surface area contributed by atoms with Crippen LogP contribution in [0.4, 0.5) is 0 Å². The molecular formula is C17H16ClN3O3S. The lowest BCUT2D eigenvalue weighted by atomic mass is 10.1. The summed E-state index contributed by atoms with van der Waals surface area (Å²) in [5.74, 6) is 0.845. The maximum absolute atomic E-state index is 12.2. The summed E-state index contributed by atoms with van der Waals surface area (Å²) in [7, 11) is -3.63. The van der Waals surface area contributed by atoms with Crippen LogP contribution in [0, 0.1) is 6.92 Å². The summed E-state index contributed by atoms with van der Waals surface area (Å²) in [6.45, 7) is 2.14. The quantitative estimate of drug-likeness (QED) is 0.712. The molecule has 0 aliphatic rings. The molecule has 0 spiro atoms. The van der Waals surface area contributed by atoms with Gasteiger partial charge in [-0.3, -0.25) is 0 Å². The van der Waals surface area contributed by atoms with E-state index in [0.29, 0.717) is 23.2 Å². The lowest BCUT2D eigenvalue weighted by molar-refractivity contribution is 0.379. The van der Waals surface area contributed by atoms with Gasteiger partial charge in [-0.1, -0.05) is 52.7 Å². The molecule has 0 unspecified atom stereocenters. The fourth-order valence-electron chi connectivity index (χ4n) is 2.19. The summed E-state index contributed by atoms with van der Waals surface area (Å²) < 4.78 is 32.1.